The topological polar surface area (TPSA) is 18.5 Å². The molecule has 2 aromatic carbocycles. The standard InChI is InChI=1S/C29H44O2/c1-8-11-12-20-30-26-16-13-24(14-17-26)29(9-2,10-3)25-15-18-27(23(4)22-25)31-21-19-28(5,6)7/h13-18,22H,8-12,19-21H2,1-7H3. The van der Waals surface area contributed by atoms with Gasteiger partial charge in [-0.1, -0.05) is 78.6 Å². The molecule has 172 valence electrons. The van der Waals surface area contributed by atoms with E-state index < -0.39 is 0 Å². The first-order valence-electron chi connectivity index (χ1n) is 12.2. The first-order valence-corrected chi connectivity index (χ1v) is 12.2. The summed E-state index contributed by atoms with van der Waals surface area (Å²) in [6.45, 7) is 17.3. The molecule has 0 saturated heterocycles. The van der Waals surface area contributed by atoms with E-state index in [0.717, 1.165) is 50.4 Å². The highest BCUT2D eigenvalue weighted by Gasteiger charge is 2.31. The van der Waals surface area contributed by atoms with Crippen molar-refractivity contribution in [1.82, 2.24) is 0 Å². The van der Waals surface area contributed by atoms with Gasteiger partial charge in [-0.15, -0.1) is 0 Å². The minimum absolute atomic E-state index is 0.00937. The number of rotatable bonds is 12. The molecule has 0 unspecified atom stereocenters. The SMILES string of the molecule is CCCCCOc1ccc(C(CC)(CC)c2ccc(OCCC(C)(C)C)c(C)c2)cc1. The summed E-state index contributed by atoms with van der Waals surface area (Å²) in [5, 5.41) is 0. The van der Waals surface area contributed by atoms with E-state index in [9.17, 15) is 0 Å². The second-order valence-corrected chi connectivity index (χ2v) is 10.0. The lowest BCUT2D eigenvalue weighted by molar-refractivity contribution is 0.242. The van der Waals surface area contributed by atoms with E-state index in [1.165, 1.54) is 29.5 Å². The molecule has 0 aliphatic carbocycles. The van der Waals surface area contributed by atoms with Crippen molar-refractivity contribution >= 4 is 0 Å². The highest BCUT2D eigenvalue weighted by atomic mass is 16.5. The van der Waals surface area contributed by atoms with Crippen molar-refractivity contribution in [2.75, 3.05) is 13.2 Å². The van der Waals surface area contributed by atoms with Crippen LogP contribution in [0.1, 0.15) is 96.8 Å². The average molecular weight is 425 g/mol. The summed E-state index contributed by atoms with van der Waals surface area (Å²) in [6.07, 6.45) is 6.73. The van der Waals surface area contributed by atoms with E-state index in [0.29, 0.717) is 5.41 Å². The van der Waals surface area contributed by atoms with Crippen molar-refractivity contribution in [2.24, 2.45) is 5.41 Å². The van der Waals surface area contributed by atoms with Gasteiger partial charge in [0.15, 0.2) is 0 Å². The van der Waals surface area contributed by atoms with E-state index in [-0.39, 0.29) is 5.41 Å². The molecule has 0 N–H and O–H groups in total. The van der Waals surface area contributed by atoms with Gasteiger partial charge in [-0.25, -0.2) is 0 Å². The van der Waals surface area contributed by atoms with Gasteiger partial charge in [0.2, 0.25) is 0 Å². The van der Waals surface area contributed by atoms with E-state index in [2.05, 4.69) is 90.9 Å². The van der Waals surface area contributed by atoms with Crippen molar-refractivity contribution in [1.29, 1.82) is 0 Å². The number of unbranched alkanes of at least 4 members (excludes halogenated alkanes) is 2. The molecule has 2 heteroatoms. The molecule has 0 amide bonds. The van der Waals surface area contributed by atoms with Crippen LogP contribution in [-0.4, -0.2) is 13.2 Å². The predicted molar refractivity (Wildman–Crippen MR) is 134 cm³/mol. The van der Waals surface area contributed by atoms with Crippen molar-refractivity contribution in [3.63, 3.8) is 0 Å². The van der Waals surface area contributed by atoms with Gasteiger partial charge in [0.1, 0.15) is 11.5 Å². The van der Waals surface area contributed by atoms with Crippen LogP contribution >= 0.6 is 0 Å². The maximum absolute atomic E-state index is 6.11. The van der Waals surface area contributed by atoms with Crippen molar-refractivity contribution in [3.8, 4) is 11.5 Å². The molecule has 0 aliphatic heterocycles. The molecule has 0 radical (unpaired) electrons. The first-order chi connectivity index (χ1) is 14.8. The Hall–Kier alpha value is -1.96. The first kappa shape index (κ1) is 25.3. The largest absolute Gasteiger partial charge is 0.494 e. The lowest BCUT2D eigenvalue weighted by atomic mass is 9.70. The van der Waals surface area contributed by atoms with Crippen LogP contribution < -0.4 is 9.47 Å². The Balaban J connectivity index is 2.18. The van der Waals surface area contributed by atoms with Crippen LogP contribution in [-0.2, 0) is 5.41 Å². The number of benzene rings is 2. The number of hydrogen-bond acceptors (Lipinski definition) is 2. The third-order valence-corrected chi connectivity index (χ3v) is 6.47. The van der Waals surface area contributed by atoms with Gasteiger partial charge >= 0.3 is 0 Å². The Labute approximate surface area is 191 Å². The highest BCUT2D eigenvalue weighted by molar-refractivity contribution is 5.46. The van der Waals surface area contributed by atoms with E-state index in [1.54, 1.807) is 0 Å². The summed E-state index contributed by atoms with van der Waals surface area (Å²) in [4.78, 5) is 0. The maximum Gasteiger partial charge on any atom is 0.122 e. The fourth-order valence-corrected chi connectivity index (χ4v) is 4.22. The van der Waals surface area contributed by atoms with Crippen molar-refractivity contribution in [3.05, 3.63) is 59.2 Å². The van der Waals surface area contributed by atoms with E-state index >= 15 is 0 Å². The summed E-state index contributed by atoms with van der Waals surface area (Å²) in [7, 11) is 0. The summed E-state index contributed by atoms with van der Waals surface area (Å²) in [6, 6.07) is 15.5. The fraction of sp³-hybridized carbons (Fsp3) is 0.586. The zero-order valence-electron chi connectivity index (χ0n) is 21.0. The molecule has 31 heavy (non-hydrogen) atoms. The van der Waals surface area contributed by atoms with Crippen LogP contribution in [0.4, 0.5) is 0 Å². The molecule has 0 heterocycles. The third kappa shape index (κ3) is 7.02. The molecule has 0 fully saturated rings. The predicted octanol–water partition coefficient (Wildman–Crippen LogP) is 8.49. The molecule has 0 atom stereocenters. The van der Waals surface area contributed by atoms with Gasteiger partial charge in [-0.3, -0.25) is 0 Å². The Morgan fingerprint density at radius 1 is 0.742 bits per heavy atom. The second-order valence-electron chi connectivity index (χ2n) is 10.0. The molecule has 0 aliphatic rings. The monoisotopic (exact) mass is 424 g/mol. The van der Waals surface area contributed by atoms with Crippen LogP contribution in [0.5, 0.6) is 11.5 Å². The van der Waals surface area contributed by atoms with Gasteiger partial charge < -0.3 is 9.47 Å². The van der Waals surface area contributed by atoms with Crippen LogP contribution in [0.2, 0.25) is 0 Å². The maximum atomic E-state index is 6.11. The Morgan fingerprint density at radius 3 is 1.94 bits per heavy atom. The summed E-state index contributed by atoms with van der Waals surface area (Å²) < 4.78 is 12.0. The molecule has 0 saturated carbocycles. The molecule has 0 bridgehead atoms. The van der Waals surface area contributed by atoms with Gasteiger partial charge in [0.05, 0.1) is 13.2 Å². The zero-order chi connectivity index (χ0) is 22.9. The summed E-state index contributed by atoms with van der Waals surface area (Å²) in [5.41, 5.74) is 4.25. The number of aryl methyl sites for hydroxylation is 1. The zero-order valence-corrected chi connectivity index (χ0v) is 21.0. The lowest BCUT2D eigenvalue weighted by Crippen LogP contribution is -2.26. The minimum Gasteiger partial charge on any atom is -0.494 e. The number of ether oxygens (including phenoxy) is 2. The molecule has 2 nitrogen and oxygen atoms in total. The number of hydrogen-bond donors (Lipinski definition) is 0. The van der Waals surface area contributed by atoms with E-state index in [4.69, 9.17) is 9.47 Å². The summed E-state index contributed by atoms with van der Waals surface area (Å²) in [5.74, 6) is 1.98. The molecule has 0 spiro atoms. The Morgan fingerprint density at radius 2 is 1.39 bits per heavy atom. The molecular weight excluding hydrogens is 380 g/mol. The van der Waals surface area contributed by atoms with Crippen LogP contribution in [0.15, 0.2) is 42.5 Å². The normalized spacial score (nSPS) is 12.1. The average Bonchev–Trinajstić information content (AvgIpc) is 2.74. The third-order valence-electron chi connectivity index (χ3n) is 6.47. The Kier molecular flexibility index (Phi) is 9.47. The molecule has 0 aromatic heterocycles. The quantitative estimate of drug-likeness (QED) is 0.318. The van der Waals surface area contributed by atoms with Gasteiger partial charge in [0.25, 0.3) is 0 Å². The fourth-order valence-electron chi connectivity index (χ4n) is 4.22. The Bertz CT molecular complexity index is 779. The van der Waals surface area contributed by atoms with Gasteiger partial charge in [-0.2, -0.15) is 0 Å². The molecule has 2 rings (SSSR count). The molecule has 2 aromatic rings. The second kappa shape index (κ2) is 11.6. The molecular formula is C29H44O2. The van der Waals surface area contributed by atoms with Gasteiger partial charge in [-0.05, 0) is 72.9 Å². The smallest absolute Gasteiger partial charge is 0.122 e. The highest BCUT2D eigenvalue weighted by Crippen LogP contribution is 2.40. The summed E-state index contributed by atoms with van der Waals surface area (Å²) >= 11 is 0. The minimum atomic E-state index is 0.00937. The van der Waals surface area contributed by atoms with Crippen molar-refractivity contribution in [2.45, 2.75) is 92.4 Å². The van der Waals surface area contributed by atoms with E-state index in [1.807, 2.05) is 0 Å². The van der Waals surface area contributed by atoms with Crippen LogP contribution in [0.3, 0.4) is 0 Å². The van der Waals surface area contributed by atoms with Crippen molar-refractivity contribution < 1.29 is 9.47 Å². The van der Waals surface area contributed by atoms with Gasteiger partial charge in [0, 0.05) is 5.41 Å². The van der Waals surface area contributed by atoms with Crippen LogP contribution in [0.25, 0.3) is 0 Å². The van der Waals surface area contributed by atoms with Crippen LogP contribution in [0, 0.1) is 12.3 Å². The lowest BCUT2D eigenvalue weighted by Gasteiger charge is -2.34.